The van der Waals surface area contributed by atoms with E-state index in [0.29, 0.717) is 0 Å². The summed E-state index contributed by atoms with van der Waals surface area (Å²) in [6.45, 7) is 0. The maximum atomic E-state index is 0. The number of hydrogen-bond acceptors (Lipinski definition) is 0. The van der Waals surface area contributed by atoms with Crippen LogP contribution in [0.15, 0.2) is 0 Å². The van der Waals surface area contributed by atoms with Crippen molar-refractivity contribution in [3.8, 4) is 0 Å². The first-order chi connectivity index (χ1) is 0. The summed E-state index contributed by atoms with van der Waals surface area (Å²) in [4.78, 5) is 0. The first kappa shape index (κ1) is 221. The molecule has 0 saturated carbocycles. The van der Waals surface area contributed by atoms with Crippen LogP contribution in [0.1, 0.15) is 0 Å². The van der Waals surface area contributed by atoms with E-state index in [1.54, 1.807) is 0 Å². The summed E-state index contributed by atoms with van der Waals surface area (Å²) in [5, 5.41) is 0. The predicted octanol–water partition coefficient (Wildman–Crippen LogP) is -4.78. The van der Waals surface area contributed by atoms with Crippen LogP contribution in [0.5, 0.6) is 0 Å². The van der Waals surface area contributed by atoms with Crippen LogP contribution in [0.3, 0.4) is 0 Å². The van der Waals surface area contributed by atoms with Crippen LogP contribution in [0, 0.1) is 0 Å². The van der Waals surface area contributed by atoms with Crippen molar-refractivity contribution >= 4 is 18.9 Å². The van der Waals surface area contributed by atoms with Gasteiger partial charge in [-0.25, -0.2) is 0 Å². The van der Waals surface area contributed by atoms with E-state index in [4.69, 9.17) is 0 Å². The van der Waals surface area contributed by atoms with Crippen molar-refractivity contribution in [2.24, 2.45) is 0 Å². The van der Waals surface area contributed by atoms with Gasteiger partial charge in [-0.2, -0.15) is 0 Å². The molecule has 0 heterocycles. The van der Waals surface area contributed by atoms with E-state index in [-0.39, 0.29) is 91.0 Å². The van der Waals surface area contributed by atoms with Gasteiger partial charge in [-0.05, 0) is 0 Å². The molecule has 0 fully saturated rings. The fourth-order valence-corrected chi connectivity index (χ4v) is 0. The van der Waals surface area contributed by atoms with Crippen LogP contribution in [-0.2, 0) is 44.8 Å². The van der Waals surface area contributed by atoms with Crippen molar-refractivity contribution in [3.05, 3.63) is 0 Å². The molecule has 52 valence electrons. The predicted molar refractivity (Wildman–Crippen MR) is 25.2 cm³/mol. The smallest absolute Gasteiger partial charge is 0 e. The molecular formula is H11LiO5Ta2. The third kappa shape index (κ3) is 106. The topological polar surface area (TPSA) is 158 Å². The largest absolute Gasteiger partial charge is 0 e. The monoisotopic (exact) mass is 460 g/mol. The van der Waals surface area contributed by atoms with E-state index in [9.17, 15) is 0 Å². The molecule has 0 rings (SSSR count). The Morgan fingerprint density at radius 3 is 0.375 bits per heavy atom. The Labute approximate surface area is 90.3 Å². The van der Waals surface area contributed by atoms with Gasteiger partial charge in [0.15, 0.2) is 0 Å². The van der Waals surface area contributed by atoms with Crippen LogP contribution >= 0.6 is 0 Å². The minimum atomic E-state index is 0. The average molecular weight is 460 g/mol. The van der Waals surface area contributed by atoms with E-state index >= 15 is 0 Å². The van der Waals surface area contributed by atoms with Crippen molar-refractivity contribution in [1.29, 1.82) is 0 Å². The van der Waals surface area contributed by atoms with Gasteiger partial charge < -0.3 is 27.4 Å². The molecule has 10 N–H and O–H groups in total. The van der Waals surface area contributed by atoms with Gasteiger partial charge in [0.2, 0.25) is 0 Å². The third-order valence-corrected chi connectivity index (χ3v) is 0. The quantitative estimate of drug-likeness (QED) is 0.319. The summed E-state index contributed by atoms with van der Waals surface area (Å²) in [5.74, 6) is 0. The maximum absolute atomic E-state index is 0. The molecule has 8 heavy (non-hydrogen) atoms. The van der Waals surface area contributed by atoms with Crippen LogP contribution < -0.4 is 0 Å². The Balaban J connectivity index is 0. The third-order valence-electron chi connectivity index (χ3n) is 0. The zero-order valence-corrected chi connectivity index (χ0v) is 9.82. The van der Waals surface area contributed by atoms with E-state index in [2.05, 4.69) is 0 Å². The minimum absolute atomic E-state index is 0. The minimum Gasteiger partial charge on any atom is 0 e. The van der Waals surface area contributed by atoms with Crippen LogP contribution in [0.2, 0.25) is 0 Å². The second kappa shape index (κ2) is 156. The first-order valence-corrected chi connectivity index (χ1v) is 0. The molecule has 0 saturated heterocycles. The van der Waals surface area contributed by atoms with Crippen molar-refractivity contribution < 1.29 is 72.1 Å². The SMILES string of the molecule is O.O.O.O.O.[LiH].[Ta].[Ta]. The molecule has 2 radical (unpaired) electrons. The molecule has 0 bridgehead atoms. The molecular weight excluding hydrogens is 449 g/mol. The summed E-state index contributed by atoms with van der Waals surface area (Å²) in [7, 11) is 0. The zero-order chi connectivity index (χ0) is 0. The summed E-state index contributed by atoms with van der Waals surface area (Å²) >= 11 is 0. The molecule has 0 spiro atoms. The van der Waals surface area contributed by atoms with Gasteiger partial charge in [0.05, 0.1) is 0 Å². The summed E-state index contributed by atoms with van der Waals surface area (Å²) in [5.41, 5.74) is 0. The number of rotatable bonds is 0. The van der Waals surface area contributed by atoms with Gasteiger partial charge in [0, 0.05) is 44.8 Å². The normalized spacial score (nSPS) is 0. The Morgan fingerprint density at radius 1 is 0.375 bits per heavy atom. The fourth-order valence-electron chi connectivity index (χ4n) is 0. The number of hydrogen-bond donors (Lipinski definition) is 0. The van der Waals surface area contributed by atoms with E-state index in [1.807, 2.05) is 0 Å². The molecule has 8 heteroatoms. The van der Waals surface area contributed by atoms with Gasteiger partial charge in [-0.15, -0.1) is 0 Å². The molecule has 0 amide bonds. The molecule has 0 aliphatic rings. The van der Waals surface area contributed by atoms with Gasteiger partial charge in [0.25, 0.3) is 0 Å². The van der Waals surface area contributed by atoms with Gasteiger partial charge in [0.1, 0.15) is 0 Å². The van der Waals surface area contributed by atoms with Crippen LogP contribution in [-0.4, -0.2) is 46.2 Å². The Hall–Kier alpha value is 1.88. The zero-order valence-electron chi connectivity index (χ0n) is 3.39. The molecule has 0 aromatic heterocycles. The summed E-state index contributed by atoms with van der Waals surface area (Å²) < 4.78 is 0. The standard InChI is InChI=1S/Li.5H2O.2Ta.H/h;5*1H2;;;. The molecule has 0 atom stereocenters. The van der Waals surface area contributed by atoms with E-state index < -0.39 is 0 Å². The second-order valence-electron chi connectivity index (χ2n) is 0. The Bertz CT molecular complexity index is 10.4. The van der Waals surface area contributed by atoms with Crippen LogP contribution in [0.25, 0.3) is 0 Å². The molecule has 0 aromatic carbocycles. The average Bonchev–Trinajstić information content (AvgIpc) is 0. The van der Waals surface area contributed by atoms with Gasteiger partial charge in [-0.1, -0.05) is 0 Å². The van der Waals surface area contributed by atoms with Crippen molar-refractivity contribution in [2.75, 3.05) is 0 Å². The van der Waals surface area contributed by atoms with Gasteiger partial charge in [-0.3, -0.25) is 0 Å². The van der Waals surface area contributed by atoms with Crippen molar-refractivity contribution in [3.63, 3.8) is 0 Å². The summed E-state index contributed by atoms with van der Waals surface area (Å²) in [6.07, 6.45) is 0. The summed E-state index contributed by atoms with van der Waals surface area (Å²) in [6, 6.07) is 0. The molecule has 5 nitrogen and oxygen atoms in total. The first-order valence-electron chi connectivity index (χ1n) is 0. The molecule has 0 aliphatic heterocycles. The van der Waals surface area contributed by atoms with E-state index in [1.165, 1.54) is 0 Å². The maximum Gasteiger partial charge on any atom is 0 e. The fraction of sp³-hybridized carbons (Fsp3) is 0. The van der Waals surface area contributed by atoms with E-state index in [0.717, 1.165) is 0 Å². The molecule has 0 aromatic rings. The second-order valence-corrected chi connectivity index (χ2v) is 0. The van der Waals surface area contributed by atoms with Crippen LogP contribution in [0.4, 0.5) is 0 Å². The van der Waals surface area contributed by atoms with Crippen molar-refractivity contribution in [1.82, 2.24) is 0 Å². The van der Waals surface area contributed by atoms with Crippen molar-refractivity contribution in [2.45, 2.75) is 0 Å². The molecule has 0 unspecified atom stereocenters. The Morgan fingerprint density at radius 2 is 0.375 bits per heavy atom. The molecule has 0 aliphatic carbocycles. The Kier molecular flexibility index (Phi) is 4310. The van der Waals surface area contributed by atoms with Gasteiger partial charge >= 0.3 is 18.9 Å².